The van der Waals surface area contributed by atoms with Crippen molar-refractivity contribution < 1.29 is 19.1 Å². The van der Waals surface area contributed by atoms with Crippen LogP contribution >= 0.6 is 0 Å². The quantitative estimate of drug-likeness (QED) is 0.361. The van der Waals surface area contributed by atoms with Crippen LogP contribution in [0.5, 0.6) is 0 Å². The van der Waals surface area contributed by atoms with Gasteiger partial charge in [-0.1, -0.05) is 0 Å². The minimum Gasteiger partial charge on any atom is -0.461 e. The van der Waals surface area contributed by atoms with Gasteiger partial charge in [-0.05, 0) is 14.1 Å². The first kappa shape index (κ1) is 11.7. The van der Waals surface area contributed by atoms with E-state index in [1.54, 1.807) is 19.0 Å². The van der Waals surface area contributed by atoms with Crippen molar-refractivity contribution in [1.29, 1.82) is 0 Å². The molecule has 0 aromatic rings. The number of nitrogens with two attached hydrogens (primary N) is 1. The Morgan fingerprint density at radius 1 is 1.73 bits per heavy atom. The van der Waals surface area contributed by atoms with E-state index >= 15 is 0 Å². The summed E-state index contributed by atoms with van der Waals surface area (Å²) >= 11 is 0. The van der Waals surface area contributed by atoms with Crippen LogP contribution in [0.15, 0.2) is 0 Å². The molecule has 1 atom stereocenters. The van der Waals surface area contributed by atoms with Crippen molar-refractivity contribution in [3.8, 4) is 0 Å². The fraction of sp³-hybridized carbons (Fsp3) is 0.750. The van der Waals surface area contributed by atoms with Gasteiger partial charge in [-0.25, -0.2) is 15.6 Å². The Morgan fingerprint density at radius 2 is 2.40 bits per heavy atom. The van der Waals surface area contributed by atoms with E-state index in [0.717, 1.165) is 5.01 Å². The zero-order valence-corrected chi connectivity index (χ0v) is 8.80. The molecule has 7 nitrogen and oxygen atoms in total. The molecule has 1 aliphatic rings. The Labute approximate surface area is 87.7 Å². The monoisotopic (exact) mass is 217 g/mol. The van der Waals surface area contributed by atoms with Crippen LogP contribution in [-0.4, -0.2) is 61.9 Å². The van der Waals surface area contributed by atoms with E-state index in [1.165, 1.54) is 0 Å². The lowest BCUT2D eigenvalue weighted by atomic mass is 10.4. The van der Waals surface area contributed by atoms with E-state index in [2.05, 4.69) is 0 Å². The van der Waals surface area contributed by atoms with Crippen molar-refractivity contribution in [2.75, 3.05) is 33.8 Å². The lowest BCUT2D eigenvalue weighted by molar-refractivity contribution is -0.146. The Hall–Kier alpha value is -1.34. The predicted octanol–water partition coefficient (Wildman–Crippen LogP) is -1.21. The summed E-state index contributed by atoms with van der Waals surface area (Å²) in [6, 6.07) is 0. The second kappa shape index (κ2) is 4.94. The summed E-state index contributed by atoms with van der Waals surface area (Å²) in [5.74, 6) is 4.91. The molecule has 0 bridgehead atoms. The van der Waals surface area contributed by atoms with Gasteiger partial charge in [0.15, 0.2) is 6.10 Å². The number of hydrazine groups is 1. The fourth-order valence-corrected chi connectivity index (χ4v) is 1.12. The van der Waals surface area contributed by atoms with Gasteiger partial charge in [0, 0.05) is 0 Å². The number of nitrogens with zero attached hydrogens (tertiary/aromatic N) is 2. The minimum absolute atomic E-state index is 0.0477. The molecular weight excluding hydrogens is 202 g/mol. The average Bonchev–Trinajstić information content (AvgIpc) is 2.42. The van der Waals surface area contributed by atoms with Crippen molar-refractivity contribution in [1.82, 2.24) is 9.91 Å². The summed E-state index contributed by atoms with van der Waals surface area (Å²) < 4.78 is 9.69. The minimum atomic E-state index is -0.594. The summed E-state index contributed by atoms with van der Waals surface area (Å²) in [4.78, 5) is 23.7. The topological polar surface area (TPSA) is 85.1 Å². The van der Waals surface area contributed by atoms with Gasteiger partial charge in [-0.3, -0.25) is 9.69 Å². The van der Waals surface area contributed by atoms with Crippen molar-refractivity contribution in [2.24, 2.45) is 5.84 Å². The summed E-state index contributed by atoms with van der Waals surface area (Å²) in [5, 5.41) is 0.949. The zero-order chi connectivity index (χ0) is 11.4. The van der Waals surface area contributed by atoms with Gasteiger partial charge in [-0.2, -0.15) is 0 Å². The molecule has 15 heavy (non-hydrogen) atoms. The number of likely N-dealkylation sites (N-methyl/N-ethyl adjacent to an activating group) is 1. The number of ether oxygens (including phenoxy) is 2. The van der Waals surface area contributed by atoms with Crippen LogP contribution in [0.25, 0.3) is 0 Å². The summed E-state index contributed by atoms with van der Waals surface area (Å²) in [6.45, 7) is 0.493. The Balaban J connectivity index is 2.21. The van der Waals surface area contributed by atoms with Crippen LogP contribution in [0.2, 0.25) is 0 Å². The van der Waals surface area contributed by atoms with Crippen molar-refractivity contribution in [3.63, 3.8) is 0 Å². The SMILES string of the molecule is CN(C)CC(=O)OC[C@H]1CN(N)C(=O)O1. The van der Waals surface area contributed by atoms with Crippen LogP contribution in [0.3, 0.4) is 0 Å². The number of cyclic esters (lactones) is 1. The highest BCUT2D eigenvalue weighted by atomic mass is 16.6. The van der Waals surface area contributed by atoms with Crippen LogP contribution in [-0.2, 0) is 14.3 Å². The Bertz CT molecular complexity index is 256. The second-order valence-corrected chi connectivity index (χ2v) is 3.58. The van der Waals surface area contributed by atoms with Gasteiger partial charge in [0.05, 0.1) is 13.1 Å². The van der Waals surface area contributed by atoms with Gasteiger partial charge in [0.2, 0.25) is 0 Å². The maximum atomic E-state index is 11.1. The number of hydrogen-bond acceptors (Lipinski definition) is 6. The smallest absolute Gasteiger partial charge is 0.424 e. The summed E-state index contributed by atoms with van der Waals surface area (Å²) in [6.07, 6.45) is -1.06. The lowest BCUT2D eigenvalue weighted by Crippen LogP contribution is -2.33. The molecule has 1 amide bonds. The maximum absolute atomic E-state index is 11.1. The molecule has 2 N–H and O–H groups in total. The van der Waals surface area contributed by atoms with E-state index < -0.39 is 12.2 Å². The van der Waals surface area contributed by atoms with Gasteiger partial charge in [0.25, 0.3) is 0 Å². The summed E-state index contributed by atoms with van der Waals surface area (Å²) in [7, 11) is 3.52. The third-order valence-corrected chi connectivity index (χ3v) is 1.78. The molecule has 0 aliphatic carbocycles. The standard InChI is InChI=1S/C8H15N3O4/c1-10(2)4-7(12)14-5-6-3-11(9)8(13)15-6/h6H,3-5,9H2,1-2H3/t6-/m1/s1. The van der Waals surface area contributed by atoms with Crippen molar-refractivity contribution in [2.45, 2.75) is 6.10 Å². The second-order valence-electron chi connectivity index (χ2n) is 3.58. The van der Waals surface area contributed by atoms with Crippen molar-refractivity contribution >= 4 is 12.1 Å². The molecule has 0 aromatic heterocycles. The van der Waals surface area contributed by atoms with E-state index in [4.69, 9.17) is 15.3 Å². The van der Waals surface area contributed by atoms with Gasteiger partial charge in [0.1, 0.15) is 6.61 Å². The van der Waals surface area contributed by atoms with Crippen molar-refractivity contribution in [3.05, 3.63) is 0 Å². The molecular formula is C8H15N3O4. The van der Waals surface area contributed by atoms with E-state index in [-0.39, 0.29) is 25.7 Å². The lowest BCUT2D eigenvalue weighted by Gasteiger charge is -2.11. The highest BCUT2D eigenvalue weighted by Gasteiger charge is 2.29. The molecule has 0 unspecified atom stereocenters. The molecule has 0 aromatic carbocycles. The van der Waals surface area contributed by atoms with Crippen LogP contribution < -0.4 is 5.84 Å². The van der Waals surface area contributed by atoms with E-state index in [9.17, 15) is 9.59 Å². The first-order chi connectivity index (χ1) is 6.99. The van der Waals surface area contributed by atoms with Gasteiger partial charge in [-0.15, -0.1) is 0 Å². The molecule has 0 spiro atoms. The number of hydrogen-bond donors (Lipinski definition) is 1. The first-order valence-corrected chi connectivity index (χ1v) is 4.52. The predicted molar refractivity (Wildman–Crippen MR) is 50.7 cm³/mol. The Morgan fingerprint density at radius 3 is 2.87 bits per heavy atom. The maximum Gasteiger partial charge on any atom is 0.424 e. The number of carbonyl (C=O) groups excluding carboxylic acids is 2. The zero-order valence-electron chi connectivity index (χ0n) is 8.80. The third kappa shape index (κ3) is 3.72. The molecule has 86 valence electrons. The molecule has 1 heterocycles. The van der Waals surface area contributed by atoms with Crippen LogP contribution in [0.1, 0.15) is 0 Å². The highest BCUT2D eigenvalue weighted by molar-refractivity contribution is 5.72. The molecule has 1 rings (SSSR count). The van der Waals surface area contributed by atoms with E-state index in [1.807, 2.05) is 0 Å². The average molecular weight is 217 g/mol. The molecule has 0 saturated carbocycles. The fourth-order valence-electron chi connectivity index (χ4n) is 1.12. The molecule has 1 saturated heterocycles. The van der Waals surface area contributed by atoms with E-state index in [0.29, 0.717) is 0 Å². The molecule has 0 radical (unpaired) electrons. The molecule has 7 heteroatoms. The van der Waals surface area contributed by atoms with Gasteiger partial charge >= 0.3 is 12.1 Å². The number of rotatable bonds is 4. The number of esters is 1. The van der Waals surface area contributed by atoms with Crippen LogP contribution in [0.4, 0.5) is 4.79 Å². The Kier molecular flexibility index (Phi) is 3.87. The van der Waals surface area contributed by atoms with Gasteiger partial charge < -0.3 is 9.47 Å². The normalized spacial score (nSPS) is 20.7. The molecule has 1 aliphatic heterocycles. The highest BCUT2D eigenvalue weighted by Crippen LogP contribution is 2.07. The molecule has 1 fully saturated rings. The number of amides is 1. The van der Waals surface area contributed by atoms with Crippen LogP contribution in [0, 0.1) is 0 Å². The first-order valence-electron chi connectivity index (χ1n) is 4.52. The number of carbonyl (C=O) groups is 2. The summed E-state index contributed by atoms with van der Waals surface area (Å²) in [5.41, 5.74) is 0. The largest absolute Gasteiger partial charge is 0.461 e. The third-order valence-electron chi connectivity index (χ3n) is 1.78.